The van der Waals surface area contributed by atoms with Crippen molar-refractivity contribution in [3.05, 3.63) is 84.1 Å². The van der Waals surface area contributed by atoms with E-state index >= 15 is 0 Å². The summed E-state index contributed by atoms with van der Waals surface area (Å²) in [5, 5.41) is 0. The van der Waals surface area contributed by atoms with Crippen molar-refractivity contribution in [1.82, 2.24) is 14.7 Å². The normalized spacial score (nSPS) is 11.4. The molecule has 3 rings (SSSR count). The smallest absolute Gasteiger partial charge is 0.216 e. The van der Waals surface area contributed by atoms with Gasteiger partial charge in [-0.1, -0.05) is 42.5 Å². The van der Waals surface area contributed by atoms with E-state index in [1.165, 1.54) is 30.6 Å². The number of halogens is 1. The molecule has 0 atom stereocenters. The maximum absolute atomic E-state index is 12.9. The molecule has 0 aliphatic heterocycles. The number of rotatable bonds is 6. The predicted molar refractivity (Wildman–Crippen MR) is 93.3 cm³/mol. The van der Waals surface area contributed by atoms with Crippen LogP contribution in [0.5, 0.6) is 0 Å². The maximum Gasteiger partial charge on any atom is 0.216 e. The Balaban J connectivity index is 1.67. The molecule has 7 heteroatoms. The molecule has 5 nitrogen and oxygen atoms in total. The van der Waals surface area contributed by atoms with Gasteiger partial charge in [-0.05, 0) is 23.8 Å². The largest absolute Gasteiger partial charge is 0.240 e. The van der Waals surface area contributed by atoms with Crippen LogP contribution in [0.4, 0.5) is 4.39 Å². The second-order valence-corrected chi connectivity index (χ2v) is 7.27. The zero-order chi connectivity index (χ0) is 17.7. The lowest BCUT2D eigenvalue weighted by Gasteiger charge is -2.08. The van der Waals surface area contributed by atoms with E-state index in [2.05, 4.69) is 14.7 Å². The van der Waals surface area contributed by atoms with Crippen molar-refractivity contribution in [3.8, 4) is 11.3 Å². The molecule has 0 aliphatic rings. The fourth-order valence-electron chi connectivity index (χ4n) is 2.30. The Morgan fingerprint density at radius 2 is 1.68 bits per heavy atom. The SMILES string of the molecule is O=S(=O)(Cc1ccc(F)cc1)NCc1cc(-c2ccccc2)ncn1. The summed E-state index contributed by atoms with van der Waals surface area (Å²) in [6.07, 6.45) is 1.41. The third-order valence-electron chi connectivity index (χ3n) is 3.54. The topological polar surface area (TPSA) is 72.0 Å². The predicted octanol–water partition coefficient (Wildman–Crippen LogP) is 2.90. The van der Waals surface area contributed by atoms with Crippen LogP contribution in [0.2, 0.25) is 0 Å². The molecule has 0 unspecified atom stereocenters. The lowest BCUT2D eigenvalue weighted by molar-refractivity contribution is 0.579. The lowest BCUT2D eigenvalue weighted by Crippen LogP contribution is -2.25. The summed E-state index contributed by atoms with van der Waals surface area (Å²) in [4.78, 5) is 8.31. The molecule has 128 valence electrons. The summed E-state index contributed by atoms with van der Waals surface area (Å²) in [6, 6.07) is 16.7. The van der Waals surface area contributed by atoms with Crippen molar-refractivity contribution >= 4 is 10.0 Å². The van der Waals surface area contributed by atoms with Gasteiger partial charge in [-0.25, -0.2) is 27.5 Å². The molecular weight excluding hydrogens is 341 g/mol. The molecule has 0 aliphatic carbocycles. The first kappa shape index (κ1) is 17.2. The molecule has 0 radical (unpaired) electrons. The van der Waals surface area contributed by atoms with Crippen molar-refractivity contribution in [2.24, 2.45) is 0 Å². The maximum atomic E-state index is 12.9. The van der Waals surface area contributed by atoms with Gasteiger partial charge in [0, 0.05) is 5.56 Å². The summed E-state index contributed by atoms with van der Waals surface area (Å²) in [7, 11) is -3.56. The minimum absolute atomic E-state index is 0.0614. The van der Waals surface area contributed by atoms with E-state index in [1.807, 2.05) is 30.3 Å². The minimum atomic E-state index is -3.56. The molecule has 0 bridgehead atoms. The van der Waals surface area contributed by atoms with Gasteiger partial charge in [-0.2, -0.15) is 0 Å². The Morgan fingerprint density at radius 1 is 0.960 bits per heavy atom. The van der Waals surface area contributed by atoms with E-state index in [9.17, 15) is 12.8 Å². The third kappa shape index (κ3) is 4.91. The van der Waals surface area contributed by atoms with Gasteiger partial charge in [0.25, 0.3) is 0 Å². The second kappa shape index (κ2) is 7.50. The minimum Gasteiger partial charge on any atom is -0.240 e. The fraction of sp³-hybridized carbons (Fsp3) is 0.111. The van der Waals surface area contributed by atoms with Gasteiger partial charge in [0.2, 0.25) is 10.0 Å². The molecule has 0 saturated heterocycles. The Hall–Kier alpha value is -2.64. The summed E-state index contributed by atoms with van der Waals surface area (Å²) in [5.41, 5.74) is 2.74. The van der Waals surface area contributed by atoms with Crippen LogP contribution in [0.25, 0.3) is 11.3 Å². The molecule has 25 heavy (non-hydrogen) atoms. The van der Waals surface area contributed by atoms with Gasteiger partial charge < -0.3 is 0 Å². The van der Waals surface area contributed by atoms with Crippen LogP contribution in [0, 0.1) is 5.82 Å². The molecule has 2 aromatic carbocycles. The van der Waals surface area contributed by atoms with Crippen LogP contribution < -0.4 is 4.72 Å². The molecule has 0 saturated carbocycles. The molecule has 0 amide bonds. The van der Waals surface area contributed by atoms with E-state index in [0.29, 0.717) is 11.3 Å². The second-order valence-electron chi connectivity index (χ2n) is 5.47. The highest BCUT2D eigenvalue weighted by Crippen LogP contribution is 2.16. The number of nitrogens with zero attached hydrogens (tertiary/aromatic N) is 2. The highest BCUT2D eigenvalue weighted by atomic mass is 32.2. The molecule has 1 heterocycles. The number of hydrogen-bond acceptors (Lipinski definition) is 4. The third-order valence-corrected chi connectivity index (χ3v) is 4.83. The molecule has 0 fully saturated rings. The van der Waals surface area contributed by atoms with Crippen LogP contribution in [0.15, 0.2) is 67.0 Å². The number of nitrogens with one attached hydrogen (secondary N) is 1. The number of aromatic nitrogens is 2. The summed E-state index contributed by atoms with van der Waals surface area (Å²) < 4.78 is 39.7. The van der Waals surface area contributed by atoms with Gasteiger partial charge in [-0.15, -0.1) is 0 Å². The van der Waals surface area contributed by atoms with Gasteiger partial charge in [0.15, 0.2) is 0 Å². The molecule has 1 N–H and O–H groups in total. The van der Waals surface area contributed by atoms with E-state index in [-0.39, 0.29) is 12.3 Å². The number of benzene rings is 2. The number of sulfonamides is 1. The summed E-state index contributed by atoms with van der Waals surface area (Å²) in [5.74, 6) is -0.618. The highest BCUT2D eigenvalue weighted by Gasteiger charge is 2.12. The van der Waals surface area contributed by atoms with Crippen molar-refractivity contribution < 1.29 is 12.8 Å². The standard InChI is InChI=1S/C18H16FN3O2S/c19-16-8-6-14(7-9-16)12-25(23,24)22-11-17-10-18(21-13-20-17)15-4-2-1-3-5-15/h1-10,13,22H,11-12H2. The fourth-order valence-corrected chi connectivity index (χ4v) is 3.40. The Labute approximate surface area is 145 Å². The summed E-state index contributed by atoms with van der Waals surface area (Å²) >= 11 is 0. The molecule has 0 spiro atoms. The van der Waals surface area contributed by atoms with Gasteiger partial charge in [-0.3, -0.25) is 0 Å². The first-order valence-electron chi connectivity index (χ1n) is 7.60. The van der Waals surface area contributed by atoms with E-state index < -0.39 is 15.8 Å². The zero-order valence-corrected chi connectivity index (χ0v) is 14.1. The van der Waals surface area contributed by atoms with Crippen molar-refractivity contribution in [3.63, 3.8) is 0 Å². The average Bonchev–Trinajstić information content (AvgIpc) is 2.63. The van der Waals surface area contributed by atoms with Crippen LogP contribution in [-0.4, -0.2) is 18.4 Å². The van der Waals surface area contributed by atoms with Gasteiger partial charge in [0.05, 0.1) is 23.7 Å². The lowest BCUT2D eigenvalue weighted by atomic mass is 10.1. The average molecular weight is 357 g/mol. The quantitative estimate of drug-likeness (QED) is 0.736. The first-order valence-corrected chi connectivity index (χ1v) is 9.25. The Bertz CT molecular complexity index is 946. The number of hydrogen-bond donors (Lipinski definition) is 1. The highest BCUT2D eigenvalue weighted by molar-refractivity contribution is 7.88. The van der Waals surface area contributed by atoms with Crippen molar-refractivity contribution in [2.45, 2.75) is 12.3 Å². The van der Waals surface area contributed by atoms with E-state index in [4.69, 9.17) is 0 Å². The Morgan fingerprint density at radius 3 is 2.40 bits per heavy atom. The van der Waals surface area contributed by atoms with E-state index in [1.54, 1.807) is 6.07 Å². The Kier molecular flexibility index (Phi) is 5.16. The van der Waals surface area contributed by atoms with Crippen LogP contribution in [0.1, 0.15) is 11.3 Å². The molecular formula is C18H16FN3O2S. The zero-order valence-electron chi connectivity index (χ0n) is 13.3. The first-order chi connectivity index (χ1) is 12.0. The van der Waals surface area contributed by atoms with Crippen LogP contribution in [-0.2, 0) is 22.3 Å². The van der Waals surface area contributed by atoms with Gasteiger partial charge >= 0.3 is 0 Å². The molecule has 1 aromatic heterocycles. The van der Waals surface area contributed by atoms with Crippen molar-refractivity contribution in [1.29, 1.82) is 0 Å². The molecule has 3 aromatic rings. The summed E-state index contributed by atoms with van der Waals surface area (Å²) in [6.45, 7) is 0.0614. The van der Waals surface area contributed by atoms with Crippen LogP contribution in [0.3, 0.4) is 0 Å². The van der Waals surface area contributed by atoms with Crippen LogP contribution >= 0.6 is 0 Å². The van der Waals surface area contributed by atoms with E-state index in [0.717, 1.165) is 11.3 Å². The van der Waals surface area contributed by atoms with Crippen molar-refractivity contribution in [2.75, 3.05) is 0 Å². The van der Waals surface area contributed by atoms with Gasteiger partial charge in [0.1, 0.15) is 12.1 Å². The monoisotopic (exact) mass is 357 g/mol.